The Labute approximate surface area is 141 Å². The van der Waals surface area contributed by atoms with E-state index in [2.05, 4.69) is 68.8 Å². The molecule has 1 saturated heterocycles. The van der Waals surface area contributed by atoms with Gasteiger partial charge in [0.1, 0.15) is 11.3 Å². The lowest BCUT2D eigenvalue weighted by Gasteiger charge is -2.21. The van der Waals surface area contributed by atoms with Crippen molar-refractivity contribution in [3.05, 3.63) is 72.1 Å². The smallest absolute Gasteiger partial charge is 0.124 e. The number of hydrogen-bond acceptors (Lipinski definition) is 4. The molecule has 0 saturated carbocycles. The van der Waals surface area contributed by atoms with Gasteiger partial charge in [0, 0.05) is 19.6 Å². The molecule has 4 rings (SSSR count). The normalized spacial score (nSPS) is 21.2. The maximum atomic E-state index is 10.7. The lowest BCUT2D eigenvalue weighted by molar-refractivity contribution is 0.0409. The second-order valence-electron chi connectivity index (χ2n) is 6.41. The van der Waals surface area contributed by atoms with Crippen LogP contribution in [0.1, 0.15) is 17.7 Å². The molecule has 1 aromatic heterocycles. The van der Waals surface area contributed by atoms with Gasteiger partial charge in [-0.15, -0.1) is 0 Å². The first-order valence-corrected chi connectivity index (χ1v) is 8.18. The zero-order valence-corrected chi connectivity index (χ0v) is 13.4. The Morgan fingerprint density at radius 1 is 1.04 bits per heavy atom. The molecule has 5 heteroatoms. The molecule has 0 spiro atoms. The molecule has 2 aromatic carbocycles. The molecule has 1 fully saturated rings. The van der Waals surface area contributed by atoms with Crippen molar-refractivity contribution in [2.45, 2.75) is 18.6 Å². The summed E-state index contributed by atoms with van der Waals surface area (Å²) in [6, 6.07) is 19.0. The number of hydrogen-bond donors (Lipinski definition) is 2. The molecule has 1 atom stereocenters. The van der Waals surface area contributed by atoms with Gasteiger partial charge >= 0.3 is 0 Å². The summed E-state index contributed by atoms with van der Waals surface area (Å²) in [6.45, 7) is 2.26. The van der Waals surface area contributed by atoms with Crippen LogP contribution in [0.15, 0.2) is 60.8 Å². The lowest BCUT2D eigenvalue weighted by atomic mass is 10.00. The van der Waals surface area contributed by atoms with Gasteiger partial charge in [-0.25, -0.2) is 0 Å². The number of aromatic nitrogens is 3. The fraction of sp³-hybridized carbons (Fsp3) is 0.263. The van der Waals surface area contributed by atoms with E-state index in [1.807, 2.05) is 6.07 Å². The van der Waals surface area contributed by atoms with E-state index in [4.69, 9.17) is 0 Å². The Morgan fingerprint density at radius 3 is 2.50 bits per heavy atom. The molecule has 2 N–H and O–H groups in total. The van der Waals surface area contributed by atoms with Crippen molar-refractivity contribution in [2.75, 3.05) is 13.1 Å². The van der Waals surface area contributed by atoms with Crippen molar-refractivity contribution in [1.29, 1.82) is 0 Å². The van der Waals surface area contributed by atoms with Gasteiger partial charge in [-0.05, 0) is 23.1 Å². The highest BCUT2D eigenvalue weighted by molar-refractivity contribution is 5.63. The molecule has 122 valence electrons. The van der Waals surface area contributed by atoms with Gasteiger partial charge < -0.3 is 5.11 Å². The third-order valence-corrected chi connectivity index (χ3v) is 4.69. The molecule has 1 aliphatic heterocycles. The summed E-state index contributed by atoms with van der Waals surface area (Å²) < 4.78 is 0. The number of β-amino-alcohol motifs (C(OH)–C–C–N with tert-alkyl or cyclic N) is 1. The number of benzene rings is 2. The summed E-state index contributed by atoms with van der Waals surface area (Å²) in [6.07, 6.45) is 2.29. The number of likely N-dealkylation sites (tertiary alicyclic amines) is 1. The molecule has 0 radical (unpaired) electrons. The molecule has 2 heterocycles. The zero-order chi connectivity index (χ0) is 16.4. The van der Waals surface area contributed by atoms with Crippen molar-refractivity contribution in [2.24, 2.45) is 0 Å². The number of H-pyrrole nitrogens is 1. The molecular weight excluding hydrogens is 300 g/mol. The number of aromatic amines is 1. The van der Waals surface area contributed by atoms with Crippen LogP contribution >= 0.6 is 0 Å². The fourth-order valence-electron chi connectivity index (χ4n) is 3.33. The molecule has 1 aliphatic rings. The van der Waals surface area contributed by atoms with Crippen LogP contribution in [0.25, 0.3) is 11.1 Å². The molecule has 5 nitrogen and oxygen atoms in total. The SMILES string of the molecule is O[C@@]1(c2cn[nH]n2)CCN(Cc2ccc(-c3ccccc3)cc2)C1. The maximum absolute atomic E-state index is 10.7. The number of nitrogens with one attached hydrogen (secondary N) is 1. The van der Waals surface area contributed by atoms with E-state index >= 15 is 0 Å². The molecular formula is C19H20N4O. The summed E-state index contributed by atoms with van der Waals surface area (Å²) >= 11 is 0. The molecule has 0 unspecified atom stereocenters. The number of nitrogens with zero attached hydrogens (tertiary/aromatic N) is 3. The Kier molecular flexibility index (Phi) is 3.88. The highest BCUT2D eigenvalue weighted by atomic mass is 16.3. The first-order valence-electron chi connectivity index (χ1n) is 8.18. The number of aliphatic hydroxyl groups is 1. The molecule has 0 amide bonds. The zero-order valence-electron chi connectivity index (χ0n) is 13.4. The summed E-state index contributed by atoms with van der Waals surface area (Å²) in [5, 5.41) is 21.2. The minimum atomic E-state index is -0.892. The average Bonchev–Trinajstić information content (AvgIpc) is 3.28. The van der Waals surface area contributed by atoms with Gasteiger partial charge in [0.15, 0.2) is 0 Å². The predicted molar refractivity (Wildman–Crippen MR) is 92.1 cm³/mol. The van der Waals surface area contributed by atoms with Crippen LogP contribution in [0.4, 0.5) is 0 Å². The first kappa shape index (κ1) is 15.1. The van der Waals surface area contributed by atoms with Crippen LogP contribution < -0.4 is 0 Å². The standard InChI is InChI=1S/C19H20N4O/c24-19(18-12-20-22-21-18)10-11-23(14-19)13-15-6-8-17(9-7-15)16-4-2-1-3-5-16/h1-9,12,24H,10-11,13-14H2,(H,20,21,22)/t19-/m0/s1. The van der Waals surface area contributed by atoms with E-state index < -0.39 is 5.60 Å². The van der Waals surface area contributed by atoms with E-state index in [-0.39, 0.29) is 0 Å². The Balaban J connectivity index is 1.43. The second kappa shape index (κ2) is 6.19. The summed E-state index contributed by atoms with van der Waals surface area (Å²) in [5.74, 6) is 0. The van der Waals surface area contributed by atoms with Crippen molar-refractivity contribution < 1.29 is 5.11 Å². The molecule has 24 heavy (non-hydrogen) atoms. The quantitative estimate of drug-likeness (QED) is 0.775. The lowest BCUT2D eigenvalue weighted by Crippen LogP contribution is -2.31. The van der Waals surface area contributed by atoms with Gasteiger partial charge in [-0.1, -0.05) is 54.6 Å². The second-order valence-corrected chi connectivity index (χ2v) is 6.41. The Hall–Kier alpha value is -2.50. The van der Waals surface area contributed by atoms with Crippen LogP contribution in [0.3, 0.4) is 0 Å². The van der Waals surface area contributed by atoms with Crippen LogP contribution in [0.2, 0.25) is 0 Å². The van der Waals surface area contributed by atoms with Crippen molar-refractivity contribution in [3.63, 3.8) is 0 Å². The van der Waals surface area contributed by atoms with Crippen LogP contribution in [0.5, 0.6) is 0 Å². The van der Waals surface area contributed by atoms with Crippen LogP contribution in [0, 0.1) is 0 Å². The maximum Gasteiger partial charge on any atom is 0.124 e. The van der Waals surface area contributed by atoms with Crippen molar-refractivity contribution in [3.8, 4) is 11.1 Å². The predicted octanol–water partition coefficient (Wildman–Crippen LogP) is 2.57. The average molecular weight is 320 g/mol. The van der Waals surface area contributed by atoms with E-state index in [0.29, 0.717) is 18.7 Å². The largest absolute Gasteiger partial charge is 0.382 e. The third kappa shape index (κ3) is 2.96. The van der Waals surface area contributed by atoms with Crippen LogP contribution in [-0.2, 0) is 12.1 Å². The van der Waals surface area contributed by atoms with Gasteiger partial charge in [0.2, 0.25) is 0 Å². The Bertz CT molecular complexity index is 786. The summed E-state index contributed by atoms with van der Waals surface area (Å²) in [5.41, 5.74) is 3.44. The Morgan fingerprint density at radius 2 is 1.79 bits per heavy atom. The highest BCUT2D eigenvalue weighted by Crippen LogP contribution is 2.31. The minimum Gasteiger partial charge on any atom is -0.382 e. The summed E-state index contributed by atoms with van der Waals surface area (Å²) in [4.78, 5) is 2.26. The van der Waals surface area contributed by atoms with Crippen LogP contribution in [-0.4, -0.2) is 38.5 Å². The van der Waals surface area contributed by atoms with Gasteiger partial charge in [-0.2, -0.15) is 15.4 Å². The molecule has 0 aliphatic carbocycles. The topological polar surface area (TPSA) is 65.0 Å². The van der Waals surface area contributed by atoms with E-state index in [0.717, 1.165) is 13.1 Å². The fourth-order valence-corrected chi connectivity index (χ4v) is 3.33. The van der Waals surface area contributed by atoms with Crippen molar-refractivity contribution in [1.82, 2.24) is 20.3 Å². The highest BCUT2D eigenvalue weighted by Gasteiger charge is 2.39. The monoisotopic (exact) mass is 320 g/mol. The minimum absolute atomic E-state index is 0.583. The number of rotatable bonds is 4. The summed E-state index contributed by atoms with van der Waals surface area (Å²) in [7, 11) is 0. The van der Waals surface area contributed by atoms with Crippen molar-refractivity contribution >= 4 is 0 Å². The van der Waals surface area contributed by atoms with Gasteiger partial charge in [0.05, 0.1) is 6.20 Å². The molecule has 0 bridgehead atoms. The molecule has 3 aromatic rings. The first-order chi connectivity index (χ1) is 11.7. The van der Waals surface area contributed by atoms with E-state index in [1.165, 1.54) is 16.7 Å². The van der Waals surface area contributed by atoms with E-state index in [1.54, 1.807) is 6.20 Å². The van der Waals surface area contributed by atoms with Gasteiger partial charge in [-0.3, -0.25) is 4.90 Å². The third-order valence-electron chi connectivity index (χ3n) is 4.69. The van der Waals surface area contributed by atoms with E-state index in [9.17, 15) is 5.11 Å². The van der Waals surface area contributed by atoms with Gasteiger partial charge in [0.25, 0.3) is 0 Å².